The van der Waals surface area contributed by atoms with Crippen LogP contribution in [0.15, 0.2) is 72.8 Å². The lowest BCUT2D eigenvalue weighted by Gasteiger charge is -2.34. The van der Waals surface area contributed by atoms with E-state index in [2.05, 4.69) is 30.9 Å². The first-order valence-corrected chi connectivity index (χ1v) is 12.8. The first-order chi connectivity index (χ1) is 17.1. The van der Waals surface area contributed by atoms with E-state index < -0.39 is 0 Å². The smallest absolute Gasteiger partial charge is 0.254 e. The number of aromatic nitrogens is 2. The molecule has 0 radical (unpaired) electrons. The van der Waals surface area contributed by atoms with Crippen LogP contribution < -0.4 is 4.90 Å². The molecule has 3 heterocycles. The molecule has 1 aliphatic heterocycles. The maximum Gasteiger partial charge on any atom is 0.254 e. The van der Waals surface area contributed by atoms with Crippen LogP contribution in [0.4, 0.5) is 5.13 Å². The first-order valence-electron chi connectivity index (χ1n) is 11.9. The fourth-order valence-corrected chi connectivity index (χ4v) is 5.95. The second-order valence-corrected chi connectivity index (χ2v) is 10.1. The molecule has 3 aromatic carbocycles. The Hall–Kier alpha value is -3.77. The molecule has 1 aliphatic rings. The molecule has 1 amide bonds. The number of pyridine rings is 1. The van der Waals surface area contributed by atoms with E-state index in [0.717, 1.165) is 45.9 Å². The molecular weight excluding hydrogens is 452 g/mol. The average Bonchev–Trinajstić information content (AvgIpc) is 3.33. The Morgan fingerprint density at radius 1 is 0.829 bits per heavy atom. The summed E-state index contributed by atoms with van der Waals surface area (Å²) in [5.41, 5.74) is 6.98. The van der Waals surface area contributed by atoms with Crippen LogP contribution in [0.3, 0.4) is 0 Å². The maximum atomic E-state index is 13.7. The summed E-state index contributed by atoms with van der Waals surface area (Å²) < 4.78 is 1.25. The van der Waals surface area contributed by atoms with E-state index in [1.807, 2.05) is 65.6 Å². The quantitative estimate of drug-likeness (QED) is 0.315. The fourth-order valence-electron chi connectivity index (χ4n) is 4.88. The Kier molecular flexibility index (Phi) is 5.46. The zero-order valence-corrected chi connectivity index (χ0v) is 20.7. The van der Waals surface area contributed by atoms with Crippen LogP contribution >= 0.6 is 11.3 Å². The van der Waals surface area contributed by atoms with Crippen molar-refractivity contribution in [3.8, 4) is 11.3 Å². The topological polar surface area (TPSA) is 49.3 Å². The minimum Gasteiger partial charge on any atom is -0.345 e. The molecule has 0 unspecified atom stereocenters. The number of piperazine rings is 1. The highest BCUT2D eigenvalue weighted by atomic mass is 32.1. The van der Waals surface area contributed by atoms with Crippen molar-refractivity contribution in [2.75, 3.05) is 31.1 Å². The van der Waals surface area contributed by atoms with Crippen molar-refractivity contribution in [2.24, 2.45) is 0 Å². The lowest BCUT2D eigenvalue weighted by molar-refractivity contribution is 0.0748. The van der Waals surface area contributed by atoms with Crippen LogP contribution in [0.1, 0.15) is 21.5 Å². The van der Waals surface area contributed by atoms with Gasteiger partial charge >= 0.3 is 0 Å². The second-order valence-electron chi connectivity index (χ2n) is 9.14. The molecule has 35 heavy (non-hydrogen) atoms. The molecule has 6 heteroatoms. The molecule has 5 nitrogen and oxygen atoms in total. The molecule has 0 atom stereocenters. The van der Waals surface area contributed by atoms with E-state index in [1.165, 1.54) is 15.8 Å². The number of hydrogen-bond donors (Lipinski definition) is 0. The van der Waals surface area contributed by atoms with Crippen LogP contribution in [-0.2, 0) is 0 Å². The van der Waals surface area contributed by atoms with Crippen molar-refractivity contribution in [2.45, 2.75) is 13.8 Å². The molecule has 174 valence electrons. The van der Waals surface area contributed by atoms with Crippen molar-refractivity contribution >= 4 is 43.5 Å². The maximum absolute atomic E-state index is 13.7. The van der Waals surface area contributed by atoms with Gasteiger partial charge in [-0.05, 0) is 43.2 Å². The van der Waals surface area contributed by atoms with Gasteiger partial charge in [0.25, 0.3) is 5.91 Å². The van der Waals surface area contributed by atoms with Gasteiger partial charge in [0, 0.05) is 37.1 Å². The normalized spacial score (nSPS) is 14.1. The number of amides is 1. The third-order valence-corrected chi connectivity index (χ3v) is 7.93. The van der Waals surface area contributed by atoms with E-state index in [9.17, 15) is 4.79 Å². The Morgan fingerprint density at radius 2 is 1.57 bits per heavy atom. The van der Waals surface area contributed by atoms with Crippen molar-refractivity contribution in [1.82, 2.24) is 14.9 Å². The standard InChI is InChI=1S/C29H26N4OS/c1-19-16-20(2)27-26(17-19)31-29(35-27)33-14-12-32(13-15-33)28(34)23-18-25(21-8-4-3-5-9-21)30-24-11-7-6-10-22(23)24/h3-11,16-18H,12-15H2,1-2H3. The molecule has 0 spiro atoms. The van der Waals surface area contributed by atoms with Crippen LogP contribution in [0.5, 0.6) is 0 Å². The van der Waals surface area contributed by atoms with Gasteiger partial charge in [0.2, 0.25) is 0 Å². The van der Waals surface area contributed by atoms with Crippen LogP contribution in [0.2, 0.25) is 0 Å². The monoisotopic (exact) mass is 478 g/mol. The van der Waals surface area contributed by atoms with Crippen LogP contribution in [0.25, 0.3) is 32.4 Å². The van der Waals surface area contributed by atoms with Crippen molar-refractivity contribution in [3.63, 3.8) is 0 Å². The predicted molar refractivity (Wildman–Crippen MR) is 144 cm³/mol. The first kappa shape index (κ1) is 21.7. The molecule has 0 aliphatic carbocycles. The number of thiazole rings is 1. The average molecular weight is 479 g/mol. The lowest BCUT2D eigenvalue weighted by Crippen LogP contribution is -2.48. The van der Waals surface area contributed by atoms with Gasteiger partial charge in [0.1, 0.15) is 0 Å². The van der Waals surface area contributed by atoms with Gasteiger partial charge in [-0.1, -0.05) is 65.9 Å². The minimum absolute atomic E-state index is 0.0659. The van der Waals surface area contributed by atoms with Gasteiger partial charge < -0.3 is 9.80 Å². The SMILES string of the molecule is Cc1cc(C)c2sc(N3CCN(C(=O)c4cc(-c5ccccc5)nc5ccccc45)CC3)nc2c1. The van der Waals surface area contributed by atoms with Crippen LogP contribution in [-0.4, -0.2) is 47.0 Å². The number of rotatable bonds is 3. The molecule has 6 rings (SSSR count). The summed E-state index contributed by atoms with van der Waals surface area (Å²) in [5, 5.41) is 1.94. The second kappa shape index (κ2) is 8.78. The highest BCUT2D eigenvalue weighted by molar-refractivity contribution is 7.22. The number of fused-ring (bicyclic) bond motifs is 2. The Labute approximate surface area is 208 Å². The number of nitrogens with zero attached hydrogens (tertiary/aromatic N) is 4. The van der Waals surface area contributed by atoms with Gasteiger partial charge in [-0.2, -0.15) is 0 Å². The summed E-state index contributed by atoms with van der Waals surface area (Å²) in [6, 6.07) is 24.3. The summed E-state index contributed by atoms with van der Waals surface area (Å²) in [6.45, 7) is 7.16. The highest BCUT2D eigenvalue weighted by Crippen LogP contribution is 2.33. The summed E-state index contributed by atoms with van der Waals surface area (Å²) in [6.07, 6.45) is 0. The third kappa shape index (κ3) is 4.04. The van der Waals surface area contributed by atoms with Crippen molar-refractivity contribution in [3.05, 3.63) is 89.5 Å². The summed E-state index contributed by atoms with van der Waals surface area (Å²) in [4.78, 5) is 27.7. The van der Waals surface area contributed by atoms with Crippen molar-refractivity contribution < 1.29 is 4.79 Å². The number of benzene rings is 3. The van der Waals surface area contributed by atoms with E-state index >= 15 is 0 Å². The molecule has 2 aromatic heterocycles. The Balaban J connectivity index is 1.27. The predicted octanol–water partition coefficient (Wildman–Crippen LogP) is 6.09. The van der Waals surface area contributed by atoms with E-state index in [1.54, 1.807) is 11.3 Å². The molecule has 1 saturated heterocycles. The summed E-state index contributed by atoms with van der Waals surface area (Å²) >= 11 is 1.75. The number of carbonyl (C=O) groups is 1. The molecule has 0 bridgehead atoms. The van der Waals surface area contributed by atoms with Gasteiger partial charge in [-0.3, -0.25) is 4.79 Å². The Morgan fingerprint density at radius 3 is 2.37 bits per heavy atom. The lowest BCUT2D eigenvalue weighted by atomic mass is 10.0. The number of hydrogen-bond acceptors (Lipinski definition) is 5. The number of carbonyl (C=O) groups excluding carboxylic acids is 1. The van der Waals surface area contributed by atoms with Gasteiger partial charge in [0.05, 0.1) is 27.0 Å². The van der Waals surface area contributed by atoms with E-state index in [0.29, 0.717) is 18.7 Å². The third-order valence-electron chi connectivity index (χ3n) is 6.66. The molecule has 0 saturated carbocycles. The largest absolute Gasteiger partial charge is 0.345 e. The minimum atomic E-state index is 0.0659. The fraction of sp³-hybridized carbons (Fsp3) is 0.207. The number of aryl methyl sites for hydroxylation is 2. The molecule has 5 aromatic rings. The summed E-state index contributed by atoms with van der Waals surface area (Å²) in [5.74, 6) is 0.0659. The zero-order valence-electron chi connectivity index (χ0n) is 19.9. The molecular formula is C29H26N4OS. The zero-order chi connectivity index (χ0) is 23.9. The molecule has 0 N–H and O–H groups in total. The van der Waals surface area contributed by atoms with Crippen LogP contribution in [0, 0.1) is 13.8 Å². The Bertz CT molecular complexity index is 1550. The molecule has 1 fully saturated rings. The number of para-hydroxylation sites is 1. The van der Waals surface area contributed by atoms with Crippen molar-refractivity contribution in [1.29, 1.82) is 0 Å². The van der Waals surface area contributed by atoms with E-state index in [4.69, 9.17) is 9.97 Å². The van der Waals surface area contributed by atoms with E-state index in [-0.39, 0.29) is 5.91 Å². The summed E-state index contributed by atoms with van der Waals surface area (Å²) in [7, 11) is 0. The van der Waals surface area contributed by atoms with Gasteiger partial charge in [0.15, 0.2) is 5.13 Å². The van der Waals surface area contributed by atoms with Gasteiger partial charge in [-0.25, -0.2) is 9.97 Å². The van der Waals surface area contributed by atoms with Gasteiger partial charge in [-0.15, -0.1) is 0 Å². The number of anilines is 1. The highest BCUT2D eigenvalue weighted by Gasteiger charge is 2.26.